The number of imidazole rings is 1. The molecule has 6 heterocycles. The number of aliphatic hydroxyl groups excluding tert-OH is 1. The fraction of sp³-hybridized carbons (Fsp3) is 0.357. The minimum atomic E-state index is -3.08. The third-order valence-corrected chi connectivity index (χ3v) is 11.6. The molecule has 0 aliphatic carbocycles. The second-order valence-electron chi connectivity index (χ2n) is 15.9. The molecule has 340 valence electrons. The van der Waals surface area contributed by atoms with Crippen molar-refractivity contribution in [1.29, 1.82) is 0 Å². The van der Waals surface area contributed by atoms with Crippen LogP contribution in [-0.2, 0) is 20.9 Å². The number of nitrogens with one attached hydrogen (secondary N) is 3. The van der Waals surface area contributed by atoms with Crippen molar-refractivity contribution in [2.75, 3.05) is 48.7 Å². The lowest BCUT2D eigenvalue weighted by Crippen LogP contribution is -2.63. The van der Waals surface area contributed by atoms with Gasteiger partial charge >= 0.3 is 0 Å². The molecule has 2 saturated heterocycles. The van der Waals surface area contributed by atoms with Crippen molar-refractivity contribution in [3.63, 3.8) is 0 Å². The summed E-state index contributed by atoms with van der Waals surface area (Å²) in [6.45, 7) is -0.0423. The number of benzene rings is 2. The Balaban J connectivity index is 0.904. The SMILES string of the molecule is Nc1ncnc2c1ncn2Cc1cc(-c2cc(F)c(OCC(=O)NCCCNc3cccc4c3C(=O)N(C3CCC(=O)NC3=O)C4=O)cc2F)ncc1N1CCC[C@](N)([C@H](O)C(F)F)C1. The van der Waals surface area contributed by atoms with Crippen LogP contribution in [0.1, 0.15) is 58.4 Å². The van der Waals surface area contributed by atoms with Gasteiger partial charge in [-0.1, -0.05) is 6.07 Å². The van der Waals surface area contributed by atoms with E-state index in [4.69, 9.17) is 16.2 Å². The number of hydrogen-bond acceptors (Lipinski definition) is 15. The summed E-state index contributed by atoms with van der Waals surface area (Å²) in [5.74, 6) is -5.50. The maximum atomic E-state index is 15.8. The van der Waals surface area contributed by atoms with Crippen LogP contribution in [0.25, 0.3) is 22.4 Å². The average molecular weight is 903 g/mol. The minimum absolute atomic E-state index is 0.00307. The molecule has 8 rings (SSSR count). The summed E-state index contributed by atoms with van der Waals surface area (Å²) in [5, 5.41) is 18.1. The molecule has 2 fully saturated rings. The van der Waals surface area contributed by atoms with E-state index in [0.29, 0.717) is 47.5 Å². The molecule has 2 aromatic carbocycles. The summed E-state index contributed by atoms with van der Waals surface area (Å²) in [7, 11) is 0. The summed E-state index contributed by atoms with van der Waals surface area (Å²) < 4.78 is 65.6. The van der Waals surface area contributed by atoms with Crippen LogP contribution in [0.15, 0.2) is 55.2 Å². The number of carbonyl (C=O) groups is 5. The highest BCUT2D eigenvalue weighted by Gasteiger charge is 2.46. The molecule has 1 unspecified atom stereocenters. The van der Waals surface area contributed by atoms with Gasteiger partial charge in [-0.05, 0) is 55.5 Å². The molecule has 8 N–H and O–H groups in total. The Morgan fingerprint density at radius 1 is 1.03 bits per heavy atom. The maximum Gasteiger partial charge on any atom is 0.265 e. The topological polar surface area (TPSA) is 266 Å². The number of ether oxygens (including phenoxy) is 1. The van der Waals surface area contributed by atoms with Crippen LogP contribution in [0.2, 0.25) is 0 Å². The van der Waals surface area contributed by atoms with Gasteiger partial charge in [-0.15, -0.1) is 0 Å². The monoisotopic (exact) mass is 902 g/mol. The number of amides is 5. The lowest BCUT2D eigenvalue weighted by atomic mass is 9.84. The number of piperidine rings is 2. The first-order valence-corrected chi connectivity index (χ1v) is 20.5. The van der Waals surface area contributed by atoms with Gasteiger partial charge in [0.1, 0.15) is 29.8 Å². The Kier molecular flexibility index (Phi) is 12.3. The number of nitrogens with two attached hydrogens (primary N) is 2. The van der Waals surface area contributed by atoms with Crippen LogP contribution in [-0.4, -0.2) is 121 Å². The molecule has 3 aliphatic rings. The maximum absolute atomic E-state index is 15.8. The van der Waals surface area contributed by atoms with E-state index in [1.165, 1.54) is 31.0 Å². The number of nitrogens with zero attached hydrogens (tertiary/aromatic N) is 7. The third kappa shape index (κ3) is 8.83. The molecular weight excluding hydrogens is 861 g/mol. The number of rotatable bonds is 15. The van der Waals surface area contributed by atoms with Gasteiger partial charge in [0.25, 0.3) is 24.1 Å². The van der Waals surface area contributed by atoms with E-state index in [2.05, 4.69) is 35.9 Å². The lowest BCUT2D eigenvalue weighted by molar-refractivity contribution is -0.136. The molecule has 5 amide bonds. The molecule has 0 spiro atoms. The van der Waals surface area contributed by atoms with Crippen molar-refractivity contribution in [3.8, 4) is 17.0 Å². The van der Waals surface area contributed by atoms with Crippen molar-refractivity contribution < 1.29 is 51.4 Å². The largest absolute Gasteiger partial charge is 0.481 e. The van der Waals surface area contributed by atoms with E-state index in [9.17, 15) is 37.9 Å². The first-order chi connectivity index (χ1) is 31.1. The summed E-state index contributed by atoms with van der Waals surface area (Å²) in [6.07, 6.45) is -0.217. The molecular formula is C42H42F4N12O7. The summed E-state index contributed by atoms with van der Waals surface area (Å²) >= 11 is 0. The smallest absolute Gasteiger partial charge is 0.265 e. The predicted molar refractivity (Wildman–Crippen MR) is 224 cm³/mol. The lowest BCUT2D eigenvalue weighted by Gasteiger charge is -2.44. The second kappa shape index (κ2) is 18.1. The number of anilines is 3. The van der Waals surface area contributed by atoms with E-state index in [0.717, 1.165) is 17.0 Å². The predicted octanol–water partition coefficient (Wildman–Crippen LogP) is 2.12. The van der Waals surface area contributed by atoms with Gasteiger partial charge in [0, 0.05) is 49.9 Å². The summed E-state index contributed by atoms with van der Waals surface area (Å²) in [5.41, 5.74) is 12.6. The van der Waals surface area contributed by atoms with Crippen LogP contribution in [0.4, 0.5) is 34.8 Å². The first kappa shape index (κ1) is 44.3. The first-order valence-electron chi connectivity index (χ1n) is 20.5. The van der Waals surface area contributed by atoms with Gasteiger partial charge in [0.05, 0.1) is 47.1 Å². The quantitative estimate of drug-likeness (QED) is 0.0499. The number of carbonyl (C=O) groups excluding carboxylic acids is 5. The van der Waals surface area contributed by atoms with Crippen LogP contribution < -0.4 is 37.1 Å². The number of alkyl halides is 2. The average Bonchev–Trinajstić information content (AvgIpc) is 3.81. The molecule has 0 saturated carbocycles. The Morgan fingerprint density at radius 3 is 2.63 bits per heavy atom. The normalized spacial score (nSPS) is 19.2. The highest BCUT2D eigenvalue weighted by Crippen LogP contribution is 2.36. The molecule has 3 aliphatic heterocycles. The number of hydrogen-bond donors (Lipinski definition) is 6. The molecule has 0 radical (unpaired) electrons. The zero-order valence-electron chi connectivity index (χ0n) is 34.4. The fourth-order valence-electron chi connectivity index (χ4n) is 8.29. The van der Waals surface area contributed by atoms with Gasteiger partial charge < -0.3 is 41.4 Å². The van der Waals surface area contributed by atoms with Crippen LogP contribution in [0.3, 0.4) is 0 Å². The molecule has 23 heteroatoms. The Labute approximate surface area is 366 Å². The number of aliphatic hydroxyl groups is 1. The van der Waals surface area contributed by atoms with Gasteiger partial charge in [-0.2, -0.15) is 0 Å². The van der Waals surface area contributed by atoms with Crippen molar-refractivity contribution in [3.05, 3.63) is 83.6 Å². The highest BCUT2D eigenvalue weighted by molar-refractivity contribution is 6.25. The number of aromatic nitrogens is 5. The van der Waals surface area contributed by atoms with Crippen molar-refractivity contribution >= 4 is 57.9 Å². The standard InChI is InChI=1S/C42H42F4N12O7/c43-24-14-30(65-17-32(60)50-10-3-9-49-26-5-1-4-22-33(26)41(64)58(40(22)63)28-6-7-31(59)55-39(28)62)25(44)13-23(24)27-12-21(16-57-20-54-34-37(47)52-19-53-38(34)57)29(15-51-27)56-11-2-8-42(48,18-56)35(61)36(45)46/h1,4-5,12-15,19-20,28,35-36,49,61H,2-3,6-11,16-18,48H2,(H,50,60)(H2,47,52,53)(H,55,59,62)/t28?,35-,42-/m1/s1. The van der Waals surface area contributed by atoms with E-state index in [1.54, 1.807) is 21.6 Å². The molecule has 65 heavy (non-hydrogen) atoms. The minimum Gasteiger partial charge on any atom is -0.481 e. The number of imide groups is 2. The molecule has 19 nitrogen and oxygen atoms in total. The van der Waals surface area contributed by atoms with Crippen LogP contribution in [0, 0.1) is 11.6 Å². The van der Waals surface area contributed by atoms with Crippen molar-refractivity contribution in [2.45, 2.75) is 62.8 Å². The van der Waals surface area contributed by atoms with E-state index in [-0.39, 0.29) is 73.6 Å². The Morgan fingerprint density at radius 2 is 1.85 bits per heavy atom. The number of halogens is 4. The van der Waals surface area contributed by atoms with Gasteiger partial charge in [-0.25, -0.2) is 32.5 Å². The van der Waals surface area contributed by atoms with Crippen molar-refractivity contribution in [1.82, 2.24) is 40.0 Å². The molecule has 0 bridgehead atoms. The second-order valence-corrected chi connectivity index (χ2v) is 15.9. The highest BCUT2D eigenvalue weighted by atomic mass is 19.3. The van der Waals surface area contributed by atoms with E-state index < -0.39 is 77.6 Å². The van der Waals surface area contributed by atoms with Gasteiger partial charge in [0.15, 0.2) is 29.6 Å². The van der Waals surface area contributed by atoms with Gasteiger partial charge in [0.2, 0.25) is 11.8 Å². The zero-order valence-corrected chi connectivity index (χ0v) is 34.4. The number of fused-ring (bicyclic) bond motifs is 2. The third-order valence-electron chi connectivity index (χ3n) is 11.6. The Hall–Kier alpha value is -7.27. The Bertz CT molecular complexity index is 2720. The van der Waals surface area contributed by atoms with E-state index >= 15 is 8.78 Å². The fourth-order valence-corrected chi connectivity index (χ4v) is 8.29. The molecule has 5 aromatic rings. The zero-order chi connectivity index (χ0) is 46.2. The molecule has 3 atom stereocenters. The number of pyridine rings is 1. The van der Waals surface area contributed by atoms with Crippen LogP contribution >= 0.6 is 0 Å². The summed E-state index contributed by atoms with van der Waals surface area (Å²) in [4.78, 5) is 82.6. The summed E-state index contributed by atoms with van der Waals surface area (Å²) in [6, 6.07) is 6.68. The number of nitrogen functional groups attached to an aromatic ring is 1. The van der Waals surface area contributed by atoms with E-state index in [1.807, 2.05) is 0 Å². The van der Waals surface area contributed by atoms with Crippen LogP contribution in [0.5, 0.6) is 5.75 Å². The van der Waals surface area contributed by atoms with Crippen molar-refractivity contribution in [2.24, 2.45) is 5.73 Å². The van der Waals surface area contributed by atoms with Gasteiger partial charge in [-0.3, -0.25) is 39.2 Å². The molecule has 3 aromatic heterocycles.